The summed E-state index contributed by atoms with van der Waals surface area (Å²) in [6.45, 7) is 0. The fourth-order valence-corrected chi connectivity index (χ4v) is 1.75. The highest BCUT2D eigenvalue weighted by atomic mass is 127. The molecule has 1 amide bonds. The third-order valence-corrected chi connectivity index (χ3v) is 2.55. The van der Waals surface area contributed by atoms with Gasteiger partial charge in [-0.3, -0.25) is 4.79 Å². The van der Waals surface area contributed by atoms with Gasteiger partial charge in [0.1, 0.15) is 10.8 Å². The Morgan fingerprint density at radius 1 is 1.64 bits per heavy atom. The molecule has 0 atom stereocenters. The zero-order chi connectivity index (χ0) is 10.9. The van der Waals surface area contributed by atoms with Crippen LogP contribution < -0.4 is 5.73 Å². The molecule has 0 aliphatic heterocycles. The van der Waals surface area contributed by atoms with Gasteiger partial charge >= 0.3 is 0 Å². The lowest BCUT2D eigenvalue weighted by Crippen LogP contribution is -2.15. The van der Waals surface area contributed by atoms with Crippen molar-refractivity contribution in [2.45, 2.75) is 6.43 Å². The van der Waals surface area contributed by atoms with Gasteiger partial charge in [0.25, 0.3) is 12.3 Å². The number of carbonyl (C=O) groups excluding carboxylic acids is 1. The van der Waals surface area contributed by atoms with Crippen LogP contribution in [0.1, 0.15) is 22.5 Å². The summed E-state index contributed by atoms with van der Waals surface area (Å²) >= 11 is 7.13. The SMILES string of the molecule is NC(=O)c1nc(Cl)c(C(F)F)cc1I. The number of hydrogen-bond donors (Lipinski definition) is 1. The van der Waals surface area contributed by atoms with Crippen molar-refractivity contribution in [2.24, 2.45) is 5.73 Å². The minimum atomic E-state index is -2.72. The number of alkyl halides is 2. The van der Waals surface area contributed by atoms with E-state index in [9.17, 15) is 13.6 Å². The molecule has 1 heterocycles. The third-order valence-electron chi connectivity index (χ3n) is 1.43. The first-order chi connectivity index (χ1) is 6.43. The van der Waals surface area contributed by atoms with Crippen molar-refractivity contribution >= 4 is 40.1 Å². The lowest BCUT2D eigenvalue weighted by atomic mass is 10.2. The topological polar surface area (TPSA) is 56.0 Å². The number of halogens is 4. The standard InChI is InChI=1S/C7H4ClF2IN2O/c8-5-2(6(9)10)1-3(11)4(13-5)7(12)14/h1,6H,(H2,12,14). The van der Waals surface area contributed by atoms with Crippen LogP contribution in [0.15, 0.2) is 6.07 Å². The summed E-state index contributed by atoms with van der Waals surface area (Å²) in [6.07, 6.45) is -2.72. The summed E-state index contributed by atoms with van der Waals surface area (Å²) in [4.78, 5) is 14.3. The van der Waals surface area contributed by atoms with Crippen molar-refractivity contribution in [3.63, 3.8) is 0 Å². The Kier molecular flexibility index (Phi) is 3.59. The van der Waals surface area contributed by atoms with Crippen LogP contribution in [0, 0.1) is 3.57 Å². The van der Waals surface area contributed by atoms with Gasteiger partial charge in [0, 0.05) is 3.57 Å². The molecule has 0 fully saturated rings. The number of amides is 1. The van der Waals surface area contributed by atoms with Gasteiger partial charge < -0.3 is 5.73 Å². The Labute approximate surface area is 96.8 Å². The van der Waals surface area contributed by atoms with Crippen molar-refractivity contribution in [1.82, 2.24) is 4.98 Å². The van der Waals surface area contributed by atoms with Crippen LogP contribution in [0.5, 0.6) is 0 Å². The van der Waals surface area contributed by atoms with E-state index in [2.05, 4.69) is 4.98 Å². The number of hydrogen-bond acceptors (Lipinski definition) is 2. The molecule has 0 unspecified atom stereocenters. The first-order valence-corrected chi connectivity index (χ1v) is 4.83. The number of carbonyl (C=O) groups is 1. The number of nitrogens with zero attached hydrogens (tertiary/aromatic N) is 1. The van der Waals surface area contributed by atoms with Crippen molar-refractivity contribution in [3.8, 4) is 0 Å². The van der Waals surface area contributed by atoms with Crippen molar-refractivity contribution < 1.29 is 13.6 Å². The van der Waals surface area contributed by atoms with E-state index < -0.39 is 23.0 Å². The van der Waals surface area contributed by atoms with E-state index in [0.29, 0.717) is 0 Å². The van der Waals surface area contributed by atoms with E-state index >= 15 is 0 Å². The maximum atomic E-state index is 12.3. The number of pyridine rings is 1. The predicted molar refractivity (Wildman–Crippen MR) is 55.4 cm³/mol. The van der Waals surface area contributed by atoms with Crippen LogP contribution in [0.3, 0.4) is 0 Å². The van der Waals surface area contributed by atoms with Gasteiger partial charge in [0.2, 0.25) is 0 Å². The lowest BCUT2D eigenvalue weighted by Gasteiger charge is -2.05. The van der Waals surface area contributed by atoms with E-state index in [1.54, 1.807) is 22.6 Å². The quantitative estimate of drug-likeness (QED) is 0.668. The zero-order valence-electron chi connectivity index (χ0n) is 6.60. The minimum Gasteiger partial charge on any atom is -0.364 e. The van der Waals surface area contributed by atoms with Crippen molar-refractivity contribution in [3.05, 3.63) is 26.0 Å². The van der Waals surface area contributed by atoms with Gasteiger partial charge in [0.15, 0.2) is 0 Å². The number of primary amides is 1. The van der Waals surface area contributed by atoms with Crippen LogP contribution in [0.25, 0.3) is 0 Å². The summed E-state index contributed by atoms with van der Waals surface area (Å²) in [5.74, 6) is -0.794. The number of rotatable bonds is 2. The average Bonchev–Trinajstić information content (AvgIpc) is 2.07. The Hall–Kier alpha value is -0.500. The molecule has 0 aliphatic carbocycles. The Morgan fingerprint density at radius 3 is 2.64 bits per heavy atom. The summed E-state index contributed by atoms with van der Waals surface area (Å²) in [5.41, 5.74) is 4.46. The van der Waals surface area contributed by atoms with E-state index in [0.717, 1.165) is 6.07 Å². The summed E-state index contributed by atoms with van der Waals surface area (Å²) < 4.78 is 24.9. The summed E-state index contributed by atoms with van der Waals surface area (Å²) in [7, 11) is 0. The van der Waals surface area contributed by atoms with Crippen molar-refractivity contribution in [1.29, 1.82) is 0 Å². The largest absolute Gasteiger partial charge is 0.364 e. The molecule has 0 saturated heterocycles. The number of aromatic nitrogens is 1. The highest BCUT2D eigenvalue weighted by Gasteiger charge is 2.18. The normalized spacial score (nSPS) is 10.6. The molecule has 2 N–H and O–H groups in total. The van der Waals surface area contributed by atoms with Gasteiger partial charge in [-0.1, -0.05) is 11.6 Å². The Balaban J connectivity index is 3.31. The van der Waals surface area contributed by atoms with Crippen LogP contribution in [-0.4, -0.2) is 10.9 Å². The average molecular weight is 332 g/mol. The number of nitrogens with two attached hydrogens (primary N) is 1. The Morgan fingerprint density at radius 2 is 2.21 bits per heavy atom. The van der Waals surface area contributed by atoms with Crippen molar-refractivity contribution in [2.75, 3.05) is 0 Å². The van der Waals surface area contributed by atoms with Gasteiger partial charge in [0.05, 0.1) is 5.56 Å². The van der Waals surface area contributed by atoms with Gasteiger partial charge in [-0.2, -0.15) is 0 Å². The second kappa shape index (κ2) is 4.35. The van der Waals surface area contributed by atoms with Gasteiger partial charge in [-0.25, -0.2) is 13.8 Å². The van der Waals surface area contributed by atoms with E-state index in [-0.39, 0.29) is 9.26 Å². The second-order valence-electron chi connectivity index (χ2n) is 2.36. The smallest absolute Gasteiger partial charge is 0.268 e. The monoisotopic (exact) mass is 332 g/mol. The molecule has 0 aliphatic rings. The molecule has 0 radical (unpaired) electrons. The molecule has 0 spiro atoms. The summed E-state index contributed by atoms with van der Waals surface area (Å²) in [5, 5.41) is -0.394. The molecule has 0 bridgehead atoms. The minimum absolute atomic E-state index is 0.0972. The van der Waals surface area contributed by atoms with E-state index in [1.165, 1.54) is 0 Å². The molecule has 1 aromatic heterocycles. The molecule has 0 aromatic carbocycles. The van der Waals surface area contributed by atoms with E-state index in [1.807, 2.05) is 0 Å². The molecule has 3 nitrogen and oxygen atoms in total. The lowest BCUT2D eigenvalue weighted by molar-refractivity contribution is 0.0993. The van der Waals surface area contributed by atoms with Crippen LogP contribution in [0.2, 0.25) is 5.15 Å². The fraction of sp³-hybridized carbons (Fsp3) is 0.143. The highest BCUT2D eigenvalue weighted by molar-refractivity contribution is 14.1. The molecule has 7 heteroatoms. The van der Waals surface area contributed by atoms with Gasteiger partial charge in [-0.05, 0) is 28.7 Å². The fourth-order valence-electron chi connectivity index (χ4n) is 0.806. The molecule has 1 rings (SSSR count). The molecule has 76 valence electrons. The first kappa shape index (κ1) is 11.6. The second-order valence-corrected chi connectivity index (χ2v) is 3.88. The molecule has 1 aromatic rings. The van der Waals surface area contributed by atoms with Crippen LogP contribution in [-0.2, 0) is 0 Å². The molecule has 0 saturated carbocycles. The maximum Gasteiger partial charge on any atom is 0.268 e. The first-order valence-electron chi connectivity index (χ1n) is 3.37. The molecule has 14 heavy (non-hydrogen) atoms. The van der Waals surface area contributed by atoms with Crippen LogP contribution >= 0.6 is 34.2 Å². The third kappa shape index (κ3) is 2.30. The zero-order valence-corrected chi connectivity index (χ0v) is 9.51. The maximum absolute atomic E-state index is 12.3. The van der Waals surface area contributed by atoms with E-state index in [4.69, 9.17) is 17.3 Å². The molecular weight excluding hydrogens is 328 g/mol. The van der Waals surface area contributed by atoms with Crippen LogP contribution in [0.4, 0.5) is 8.78 Å². The highest BCUT2D eigenvalue weighted by Crippen LogP contribution is 2.27. The summed E-state index contributed by atoms with van der Waals surface area (Å²) in [6, 6.07) is 1.10. The predicted octanol–water partition coefficient (Wildman–Crippen LogP) is 2.38. The van der Waals surface area contributed by atoms with Gasteiger partial charge in [-0.15, -0.1) is 0 Å². The Bertz CT molecular complexity index is 386. The molecular formula is C7H4ClF2IN2O.